The molecule has 6 nitrogen and oxygen atoms in total. The van der Waals surface area contributed by atoms with Gasteiger partial charge in [-0.15, -0.1) is 0 Å². The van der Waals surface area contributed by atoms with Crippen LogP contribution in [-0.4, -0.2) is 85.7 Å². The fourth-order valence-electron chi connectivity index (χ4n) is 5.18. The van der Waals surface area contributed by atoms with Crippen LogP contribution >= 0.6 is 0 Å². The van der Waals surface area contributed by atoms with E-state index < -0.39 is 0 Å². The number of hydrogen-bond donors (Lipinski definition) is 0. The topological polar surface area (TPSA) is 38.7 Å². The van der Waals surface area contributed by atoms with Crippen molar-refractivity contribution < 1.29 is 0 Å². The molecule has 2 saturated heterocycles. The standard InChI is InChI=1S/C25H36N6/c1-3-23-22-10-13-31(19-16-29-11-4-5-12-29)25(22)27-24(26-23)20-6-8-21(9-7-20)30-17-14-28(2)15-18-30/h6-9H,3-5,10-19H2,1-2H3. The molecule has 3 aliphatic heterocycles. The van der Waals surface area contributed by atoms with Gasteiger partial charge in [-0.2, -0.15) is 0 Å². The monoisotopic (exact) mass is 420 g/mol. The summed E-state index contributed by atoms with van der Waals surface area (Å²) >= 11 is 0. The molecule has 0 amide bonds. The van der Waals surface area contributed by atoms with Gasteiger partial charge in [-0.25, -0.2) is 9.97 Å². The number of fused-ring (bicyclic) bond motifs is 1. The first-order valence-corrected chi connectivity index (χ1v) is 12.1. The maximum Gasteiger partial charge on any atom is 0.161 e. The minimum atomic E-state index is 0.883. The van der Waals surface area contributed by atoms with E-state index in [0.29, 0.717) is 0 Å². The molecule has 1 aromatic heterocycles. The summed E-state index contributed by atoms with van der Waals surface area (Å²) in [7, 11) is 2.20. The van der Waals surface area contributed by atoms with Gasteiger partial charge in [0.1, 0.15) is 5.82 Å². The van der Waals surface area contributed by atoms with Crippen molar-refractivity contribution in [1.82, 2.24) is 19.8 Å². The predicted octanol–water partition coefficient (Wildman–Crippen LogP) is 2.92. The highest BCUT2D eigenvalue weighted by atomic mass is 15.3. The molecule has 0 saturated carbocycles. The first kappa shape index (κ1) is 20.7. The van der Waals surface area contributed by atoms with E-state index in [4.69, 9.17) is 9.97 Å². The number of rotatable bonds is 6. The average Bonchev–Trinajstić information content (AvgIpc) is 3.47. The van der Waals surface area contributed by atoms with Crippen molar-refractivity contribution in [3.63, 3.8) is 0 Å². The van der Waals surface area contributed by atoms with Gasteiger partial charge in [-0.1, -0.05) is 6.92 Å². The highest BCUT2D eigenvalue weighted by Gasteiger charge is 2.26. The first-order valence-electron chi connectivity index (χ1n) is 12.1. The molecule has 3 aliphatic rings. The Morgan fingerprint density at radius 3 is 2.29 bits per heavy atom. The van der Waals surface area contributed by atoms with Gasteiger partial charge in [0.25, 0.3) is 0 Å². The Kier molecular flexibility index (Phi) is 6.10. The van der Waals surface area contributed by atoms with Gasteiger partial charge in [-0.05, 0) is 70.1 Å². The zero-order valence-electron chi connectivity index (χ0n) is 19.2. The number of aromatic nitrogens is 2. The normalized spacial score (nSPS) is 19.9. The van der Waals surface area contributed by atoms with Gasteiger partial charge in [0.05, 0.1) is 0 Å². The summed E-state index contributed by atoms with van der Waals surface area (Å²) in [5.74, 6) is 2.07. The Balaban J connectivity index is 1.35. The first-order chi connectivity index (χ1) is 15.2. The van der Waals surface area contributed by atoms with Gasteiger partial charge in [-0.3, -0.25) is 0 Å². The molecule has 0 aliphatic carbocycles. The van der Waals surface area contributed by atoms with E-state index in [9.17, 15) is 0 Å². The number of anilines is 2. The Hall–Kier alpha value is -2.18. The third-order valence-electron chi connectivity index (χ3n) is 7.22. The van der Waals surface area contributed by atoms with Crippen molar-refractivity contribution in [3.05, 3.63) is 35.5 Å². The highest BCUT2D eigenvalue weighted by molar-refractivity contribution is 5.65. The Morgan fingerprint density at radius 2 is 1.58 bits per heavy atom. The van der Waals surface area contributed by atoms with Gasteiger partial charge in [0, 0.05) is 68.3 Å². The smallest absolute Gasteiger partial charge is 0.161 e. The van der Waals surface area contributed by atoms with Crippen LogP contribution in [0.3, 0.4) is 0 Å². The van der Waals surface area contributed by atoms with Crippen LogP contribution in [0.15, 0.2) is 24.3 Å². The summed E-state index contributed by atoms with van der Waals surface area (Å²) in [6, 6.07) is 8.90. The second kappa shape index (κ2) is 9.13. The van der Waals surface area contributed by atoms with E-state index in [1.54, 1.807) is 0 Å². The minimum Gasteiger partial charge on any atom is -0.369 e. The number of piperazine rings is 1. The van der Waals surface area contributed by atoms with Crippen molar-refractivity contribution in [2.24, 2.45) is 0 Å². The molecule has 31 heavy (non-hydrogen) atoms. The van der Waals surface area contributed by atoms with E-state index in [1.165, 1.54) is 48.7 Å². The molecule has 1 aromatic carbocycles. The van der Waals surface area contributed by atoms with Crippen molar-refractivity contribution in [3.8, 4) is 11.4 Å². The lowest BCUT2D eigenvalue weighted by molar-refractivity contribution is 0.313. The van der Waals surface area contributed by atoms with E-state index >= 15 is 0 Å². The Bertz CT molecular complexity index is 882. The average molecular weight is 421 g/mol. The van der Waals surface area contributed by atoms with Gasteiger partial charge < -0.3 is 19.6 Å². The molecule has 0 atom stereocenters. The number of aryl methyl sites for hydroxylation is 1. The third-order valence-corrected chi connectivity index (χ3v) is 7.22. The van der Waals surface area contributed by atoms with Crippen molar-refractivity contribution in [2.45, 2.75) is 32.6 Å². The van der Waals surface area contributed by atoms with Crippen LogP contribution in [0.5, 0.6) is 0 Å². The molecular formula is C25H36N6. The summed E-state index contributed by atoms with van der Waals surface area (Å²) in [5, 5.41) is 0. The molecule has 0 unspecified atom stereocenters. The molecule has 2 fully saturated rings. The Morgan fingerprint density at radius 1 is 0.839 bits per heavy atom. The molecule has 0 spiro atoms. The van der Waals surface area contributed by atoms with E-state index in [-0.39, 0.29) is 0 Å². The SMILES string of the molecule is CCc1nc(-c2ccc(N3CCN(C)CC3)cc2)nc2c1CCN2CCN1CCCC1. The van der Waals surface area contributed by atoms with Crippen molar-refractivity contribution in [1.29, 1.82) is 0 Å². The summed E-state index contributed by atoms with van der Waals surface area (Å²) < 4.78 is 0. The zero-order valence-corrected chi connectivity index (χ0v) is 19.2. The number of benzene rings is 1. The summed E-state index contributed by atoms with van der Waals surface area (Å²) in [4.78, 5) is 20.0. The quantitative estimate of drug-likeness (QED) is 0.716. The van der Waals surface area contributed by atoms with Gasteiger partial charge >= 0.3 is 0 Å². The van der Waals surface area contributed by atoms with Crippen LogP contribution in [0.1, 0.15) is 31.0 Å². The molecule has 6 heteroatoms. The fraction of sp³-hybridized carbons (Fsp3) is 0.600. The molecule has 0 radical (unpaired) electrons. The number of likely N-dealkylation sites (N-methyl/N-ethyl adjacent to an activating group) is 1. The van der Waals surface area contributed by atoms with Crippen LogP contribution in [-0.2, 0) is 12.8 Å². The number of nitrogens with zero attached hydrogens (tertiary/aromatic N) is 6. The molecule has 2 aromatic rings. The number of likely N-dealkylation sites (tertiary alicyclic amines) is 1. The fourth-order valence-corrected chi connectivity index (χ4v) is 5.18. The maximum absolute atomic E-state index is 5.09. The highest BCUT2D eigenvalue weighted by Crippen LogP contribution is 2.31. The van der Waals surface area contributed by atoms with Crippen LogP contribution in [0.2, 0.25) is 0 Å². The van der Waals surface area contributed by atoms with Gasteiger partial charge in [0.2, 0.25) is 0 Å². The molecule has 4 heterocycles. The van der Waals surface area contributed by atoms with Crippen molar-refractivity contribution in [2.75, 3.05) is 75.8 Å². The minimum absolute atomic E-state index is 0.883. The lowest BCUT2D eigenvalue weighted by Crippen LogP contribution is -2.44. The second-order valence-electron chi connectivity index (χ2n) is 9.27. The summed E-state index contributed by atoms with van der Waals surface area (Å²) in [6.07, 6.45) is 4.76. The molecule has 0 bridgehead atoms. The van der Waals surface area contributed by atoms with Crippen LogP contribution in [0.4, 0.5) is 11.5 Å². The largest absolute Gasteiger partial charge is 0.369 e. The van der Waals surface area contributed by atoms with Crippen LogP contribution in [0.25, 0.3) is 11.4 Å². The van der Waals surface area contributed by atoms with Gasteiger partial charge in [0.15, 0.2) is 5.82 Å². The van der Waals surface area contributed by atoms with Crippen molar-refractivity contribution >= 4 is 11.5 Å². The zero-order chi connectivity index (χ0) is 21.2. The summed E-state index contributed by atoms with van der Waals surface area (Å²) in [6.45, 7) is 12.5. The van der Waals surface area contributed by atoms with Crippen LogP contribution < -0.4 is 9.80 Å². The van der Waals surface area contributed by atoms with Crippen LogP contribution in [0, 0.1) is 0 Å². The lowest BCUT2D eigenvalue weighted by atomic mass is 10.1. The predicted molar refractivity (Wildman–Crippen MR) is 128 cm³/mol. The van der Waals surface area contributed by atoms with E-state index in [1.807, 2.05) is 0 Å². The molecular weight excluding hydrogens is 384 g/mol. The molecule has 5 rings (SSSR count). The molecule has 0 N–H and O–H groups in total. The Labute approximate surface area is 186 Å². The molecule has 166 valence electrons. The number of hydrogen-bond acceptors (Lipinski definition) is 6. The van der Waals surface area contributed by atoms with E-state index in [0.717, 1.165) is 70.0 Å². The second-order valence-corrected chi connectivity index (χ2v) is 9.27. The maximum atomic E-state index is 5.09. The summed E-state index contributed by atoms with van der Waals surface area (Å²) in [5.41, 5.74) is 5.04. The van der Waals surface area contributed by atoms with E-state index in [2.05, 4.69) is 57.8 Å². The third kappa shape index (κ3) is 4.41. The lowest BCUT2D eigenvalue weighted by Gasteiger charge is -2.34.